The monoisotopic (exact) mass is 588 g/mol. The molecule has 4 rings (SSSR count). The molecule has 10 heteroatoms. The fourth-order valence-electron chi connectivity index (χ4n) is 4.89. The van der Waals surface area contributed by atoms with E-state index in [0.717, 1.165) is 43.6 Å². The molecule has 1 amide bonds. The molecule has 0 unspecified atom stereocenters. The van der Waals surface area contributed by atoms with Gasteiger partial charge in [0.15, 0.2) is 11.5 Å². The van der Waals surface area contributed by atoms with Crippen LogP contribution in [0, 0.1) is 34.6 Å². The molecule has 9 nitrogen and oxygen atoms in total. The maximum absolute atomic E-state index is 13.8. The zero-order valence-electron chi connectivity index (χ0n) is 24.9. The van der Waals surface area contributed by atoms with Gasteiger partial charge in [0.05, 0.1) is 36.7 Å². The third kappa shape index (κ3) is 6.18. The van der Waals surface area contributed by atoms with Gasteiger partial charge in [0.2, 0.25) is 0 Å². The Morgan fingerprint density at radius 3 is 2.17 bits per heavy atom. The highest BCUT2D eigenvalue weighted by Gasteiger charge is 2.28. The van der Waals surface area contributed by atoms with Crippen LogP contribution in [0.5, 0.6) is 11.5 Å². The van der Waals surface area contributed by atoms with Crippen LogP contribution in [0.4, 0.5) is 5.69 Å². The summed E-state index contributed by atoms with van der Waals surface area (Å²) in [7, 11) is -1.27. The zero-order valence-corrected chi connectivity index (χ0v) is 25.7. The van der Waals surface area contributed by atoms with Gasteiger partial charge in [0.1, 0.15) is 6.54 Å². The summed E-state index contributed by atoms with van der Waals surface area (Å²) in [5, 5.41) is 4.17. The van der Waals surface area contributed by atoms with Gasteiger partial charge in [-0.15, -0.1) is 0 Å². The number of hydrazone groups is 1. The molecule has 4 aromatic rings. The number of sulfonamides is 1. The van der Waals surface area contributed by atoms with Gasteiger partial charge in [-0.2, -0.15) is 5.10 Å². The van der Waals surface area contributed by atoms with Crippen molar-refractivity contribution in [1.29, 1.82) is 0 Å². The number of aromatic nitrogens is 1. The topological polar surface area (TPSA) is 102 Å². The minimum atomic E-state index is -4.16. The number of amides is 1. The molecule has 0 atom stereocenters. The highest BCUT2D eigenvalue weighted by atomic mass is 32.2. The van der Waals surface area contributed by atoms with Crippen molar-refractivity contribution in [2.75, 3.05) is 25.1 Å². The van der Waals surface area contributed by atoms with Crippen molar-refractivity contribution < 1.29 is 22.7 Å². The number of rotatable bonds is 10. The molecule has 0 aliphatic carbocycles. The lowest BCUT2D eigenvalue weighted by Gasteiger charge is -2.24. The zero-order chi connectivity index (χ0) is 30.6. The molecule has 0 saturated carbocycles. The van der Waals surface area contributed by atoms with Crippen molar-refractivity contribution in [2.45, 2.75) is 39.5 Å². The molecule has 0 aliphatic rings. The van der Waals surface area contributed by atoms with Crippen molar-refractivity contribution in [3.8, 4) is 17.2 Å². The summed E-state index contributed by atoms with van der Waals surface area (Å²) in [4.78, 5) is 13.0. The molecule has 3 aromatic carbocycles. The number of nitrogens with one attached hydrogen (secondary N) is 1. The Labute approximate surface area is 247 Å². The van der Waals surface area contributed by atoms with E-state index >= 15 is 0 Å². The first-order valence-electron chi connectivity index (χ1n) is 13.4. The van der Waals surface area contributed by atoms with Gasteiger partial charge in [-0.3, -0.25) is 9.10 Å². The van der Waals surface area contributed by atoms with E-state index in [1.165, 1.54) is 32.4 Å². The Hall–Kier alpha value is -4.57. The van der Waals surface area contributed by atoms with Gasteiger partial charge in [-0.25, -0.2) is 13.8 Å². The molecule has 0 fully saturated rings. The number of benzene rings is 3. The quantitative estimate of drug-likeness (QED) is 0.198. The average molecular weight is 589 g/mol. The second-order valence-electron chi connectivity index (χ2n) is 10.1. The maximum Gasteiger partial charge on any atom is 0.264 e. The van der Waals surface area contributed by atoms with Gasteiger partial charge < -0.3 is 14.0 Å². The Morgan fingerprint density at radius 1 is 0.905 bits per heavy atom. The fourth-order valence-corrected chi connectivity index (χ4v) is 6.33. The number of aryl methyl sites for hydroxylation is 4. The summed E-state index contributed by atoms with van der Waals surface area (Å²) in [6, 6.07) is 19.4. The summed E-state index contributed by atoms with van der Waals surface area (Å²) in [6.07, 6.45) is 1.57. The van der Waals surface area contributed by atoms with Crippen molar-refractivity contribution in [2.24, 2.45) is 5.10 Å². The number of ether oxygens (including phenoxy) is 2. The number of methoxy groups -OCH3 is 2. The van der Waals surface area contributed by atoms with Gasteiger partial charge >= 0.3 is 0 Å². The average Bonchev–Trinajstić information content (AvgIpc) is 3.24. The molecule has 0 saturated heterocycles. The fraction of sp³-hybridized carbons (Fsp3) is 0.250. The predicted octanol–water partition coefficient (Wildman–Crippen LogP) is 5.38. The Balaban J connectivity index is 1.60. The lowest BCUT2D eigenvalue weighted by atomic mass is 10.1. The van der Waals surface area contributed by atoms with Crippen LogP contribution in [0.1, 0.15) is 33.6 Å². The molecule has 220 valence electrons. The highest BCUT2D eigenvalue weighted by molar-refractivity contribution is 7.92. The van der Waals surface area contributed by atoms with E-state index in [0.29, 0.717) is 11.4 Å². The number of anilines is 1. The van der Waals surface area contributed by atoms with E-state index in [1.807, 2.05) is 32.9 Å². The molecule has 42 heavy (non-hydrogen) atoms. The number of carbonyl (C=O) groups is 1. The van der Waals surface area contributed by atoms with Gasteiger partial charge in [-0.05, 0) is 76.1 Å². The van der Waals surface area contributed by atoms with E-state index in [2.05, 4.69) is 41.1 Å². The lowest BCUT2D eigenvalue weighted by molar-refractivity contribution is -0.119. The third-order valence-corrected chi connectivity index (χ3v) is 8.85. The Kier molecular flexibility index (Phi) is 9.06. The number of carbonyl (C=O) groups excluding carboxylic acids is 1. The smallest absolute Gasteiger partial charge is 0.264 e. The second-order valence-corrected chi connectivity index (χ2v) is 11.9. The van der Waals surface area contributed by atoms with Crippen LogP contribution in [0.25, 0.3) is 5.69 Å². The Bertz CT molecular complexity index is 1720. The van der Waals surface area contributed by atoms with Crippen molar-refractivity contribution in [1.82, 2.24) is 9.99 Å². The van der Waals surface area contributed by atoms with Crippen molar-refractivity contribution >= 4 is 27.8 Å². The molecular weight excluding hydrogens is 552 g/mol. The van der Waals surface area contributed by atoms with E-state index < -0.39 is 22.5 Å². The molecule has 0 radical (unpaired) electrons. The summed E-state index contributed by atoms with van der Waals surface area (Å²) in [5.74, 6) is 0.0526. The Morgan fingerprint density at radius 2 is 1.55 bits per heavy atom. The van der Waals surface area contributed by atoms with Crippen LogP contribution < -0.4 is 19.2 Å². The number of hydrogen-bond acceptors (Lipinski definition) is 6. The van der Waals surface area contributed by atoms with Gasteiger partial charge in [0.25, 0.3) is 15.9 Å². The second kappa shape index (κ2) is 12.5. The lowest BCUT2D eigenvalue weighted by Crippen LogP contribution is -2.39. The van der Waals surface area contributed by atoms with Crippen LogP contribution in [-0.4, -0.2) is 45.9 Å². The van der Waals surface area contributed by atoms with Crippen LogP contribution in [0.2, 0.25) is 0 Å². The summed E-state index contributed by atoms with van der Waals surface area (Å²) < 4.78 is 41.4. The van der Waals surface area contributed by atoms with E-state index in [4.69, 9.17) is 9.47 Å². The minimum absolute atomic E-state index is 0.0454. The summed E-state index contributed by atoms with van der Waals surface area (Å²) in [6.45, 7) is 9.58. The molecule has 0 aliphatic heterocycles. The third-order valence-electron chi connectivity index (χ3n) is 7.08. The minimum Gasteiger partial charge on any atom is -0.493 e. The van der Waals surface area contributed by atoms with Crippen molar-refractivity contribution in [3.05, 3.63) is 100 Å². The molecule has 0 spiro atoms. The maximum atomic E-state index is 13.8. The molecule has 1 aromatic heterocycles. The first-order chi connectivity index (χ1) is 20.0. The predicted molar refractivity (Wildman–Crippen MR) is 166 cm³/mol. The van der Waals surface area contributed by atoms with Crippen LogP contribution in [0.15, 0.2) is 76.7 Å². The molecule has 1 N–H and O–H groups in total. The van der Waals surface area contributed by atoms with Crippen molar-refractivity contribution in [3.63, 3.8) is 0 Å². The number of nitrogens with zero attached hydrogens (tertiary/aromatic N) is 3. The van der Waals surface area contributed by atoms with E-state index in [-0.39, 0.29) is 10.6 Å². The standard InChI is InChI=1S/C32H36N4O5S/c1-21-11-13-27(14-12-21)35(42(38,39)28-15-16-29(40-6)30(18-28)41-7)20-31(37)34-33-19-26-17-24(4)36(25(26)5)32-22(2)9-8-10-23(32)3/h8-19H,20H2,1-7H3,(H,34,37)/b33-19-. The number of para-hydroxylation sites is 1. The first-order valence-corrected chi connectivity index (χ1v) is 14.8. The van der Waals surface area contributed by atoms with Crippen LogP contribution in [0.3, 0.4) is 0 Å². The van der Waals surface area contributed by atoms with Crippen LogP contribution >= 0.6 is 0 Å². The van der Waals surface area contributed by atoms with Gasteiger partial charge in [-0.1, -0.05) is 35.9 Å². The largest absolute Gasteiger partial charge is 0.493 e. The van der Waals surface area contributed by atoms with E-state index in [1.54, 1.807) is 30.5 Å². The van der Waals surface area contributed by atoms with Gasteiger partial charge in [0, 0.05) is 23.0 Å². The first kappa shape index (κ1) is 30.4. The SMILES string of the molecule is COc1ccc(S(=O)(=O)N(CC(=O)N/N=C\c2cc(C)n(-c3c(C)cccc3C)c2C)c2ccc(C)cc2)cc1OC. The normalized spacial score (nSPS) is 11.5. The molecule has 1 heterocycles. The number of hydrogen-bond donors (Lipinski definition) is 1. The summed E-state index contributed by atoms with van der Waals surface area (Å²) >= 11 is 0. The molecular formula is C32H36N4O5S. The van der Waals surface area contributed by atoms with Crippen LogP contribution in [-0.2, 0) is 14.8 Å². The molecule has 0 bridgehead atoms. The van der Waals surface area contributed by atoms with E-state index in [9.17, 15) is 13.2 Å². The highest BCUT2D eigenvalue weighted by Crippen LogP contribution is 2.32. The summed E-state index contributed by atoms with van der Waals surface area (Å²) in [5.41, 5.74) is 10.1.